The van der Waals surface area contributed by atoms with Crippen LogP contribution in [0, 0.1) is 0 Å². The second kappa shape index (κ2) is 13.7. The van der Waals surface area contributed by atoms with Crippen LogP contribution in [0.25, 0.3) is 11.1 Å². The van der Waals surface area contributed by atoms with E-state index in [1.54, 1.807) is 60.7 Å². The summed E-state index contributed by atoms with van der Waals surface area (Å²) in [4.78, 5) is 60.7. The molecular formula is C36H30O7. The molecule has 1 aliphatic carbocycles. The number of esters is 4. The first kappa shape index (κ1) is 29.3. The van der Waals surface area contributed by atoms with Gasteiger partial charge < -0.3 is 14.3 Å². The molecule has 0 saturated carbocycles. The maximum atomic E-state index is 12.2. The van der Waals surface area contributed by atoms with Gasteiger partial charge in [-0.25, -0.2) is 9.59 Å². The van der Waals surface area contributed by atoms with Crippen molar-refractivity contribution in [2.24, 2.45) is 0 Å². The molecule has 0 radical (unpaired) electrons. The van der Waals surface area contributed by atoms with Gasteiger partial charge in [-0.05, 0) is 83.3 Å². The van der Waals surface area contributed by atoms with Crippen molar-refractivity contribution in [1.29, 1.82) is 0 Å². The molecule has 0 aromatic heterocycles. The van der Waals surface area contributed by atoms with Gasteiger partial charge in [-0.15, -0.1) is 0 Å². The van der Waals surface area contributed by atoms with E-state index in [1.165, 1.54) is 0 Å². The molecule has 0 saturated heterocycles. The minimum absolute atomic E-state index is 0.101. The fourth-order valence-electron chi connectivity index (χ4n) is 5.30. The summed E-state index contributed by atoms with van der Waals surface area (Å²) in [5.74, 6) is -2.88. The van der Waals surface area contributed by atoms with E-state index in [0.29, 0.717) is 36.8 Å². The van der Waals surface area contributed by atoms with E-state index in [1.807, 2.05) is 36.4 Å². The summed E-state index contributed by atoms with van der Waals surface area (Å²) in [6.07, 6.45) is 3.34. The number of aldehydes is 1. The Balaban J connectivity index is 1.14. The smallest absolute Gasteiger partial charge is 0.345 e. The molecule has 0 heterocycles. The topological polar surface area (TPSA) is 104 Å². The molecule has 5 rings (SSSR count). The zero-order valence-electron chi connectivity index (χ0n) is 23.5. The SMILES string of the molecule is O=CC1c2cc(CCCC(=O)OC(=O)c3ccccc3)ccc2-c2ccc(CCCC(=O)OC(=O)c3ccccc3)cc21. The molecule has 7 nitrogen and oxygen atoms in total. The highest BCUT2D eigenvalue weighted by molar-refractivity contribution is 5.97. The van der Waals surface area contributed by atoms with E-state index < -0.39 is 29.8 Å². The summed E-state index contributed by atoms with van der Waals surface area (Å²) in [7, 11) is 0. The third kappa shape index (κ3) is 7.19. The summed E-state index contributed by atoms with van der Waals surface area (Å²) >= 11 is 0. The Morgan fingerprint density at radius 1 is 0.581 bits per heavy atom. The normalized spacial score (nSPS) is 11.7. The van der Waals surface area contributed by atoms with Gasteiger partial charge in [0.05, 0.1) is 17.0 Å². The van der Waals surface area contributed by atoms with Gasteiger partial charge >= 0.3 is 23.9 Å². The molecule has 0 unspecified atom stereocenters. The van der Waals surface area contributed by atoms with Crippen molar-refractivity contribution in [2.75, 3.05) is 0 Å². The van der Waals surface area contributed by atoms with Crippen molar-refractivity contribution < 1.29 is 33.4 Å². The number of aryl methyl sites for hydroxylation is 2. The first-order chi connectivity index (χ1) is 20.9. The van der Waals surface area contributed by atoms with Crippen LogP contribution in [-0.4, -0.2) is 30.2 Å². The molecule has 43 heavy (non-hydrogen) atoms. The van der Waals surface area contributed by atoms with E-state index in [-0.39, 0.29) is 12.8 Å². The van der Waals surface area contributed by atoms with Crippen LogP contribution in [0.4, 0.5) is 0 Å². The molecule has 0 spiro atoms. The fraction of sp³-hybridized carbons (Fsp3) is 0.194. The zero-order chi connectivity index (χ0) is 30.2. The monoisotopic (exact) mass is 574 g/mol. The van der Waals surface area contributed by atoms with Crippen LogP contribution in [0.2, 0.25) is 0 Å². The van der Waals surface area contributed by atoms with Gasteiger partial charge in [0.25, 0.3) is 0 Å². The molecular weight excluding hydrogens is 544 g/mol. The minimum atomic E-state index is -0.660. The highest BCUT2D eigenvalue weighted by atomic mass is 16.6. The Kier molecular flexibility index (Phi) is 9.32. The molecule has 0 fully saturated rings. The summed E-state index contributed by atoms with van der Waals surface area (Å²) in [5.41, 5.74) is 6.48. The average Bonchev–Trinajstić information content (AvgIpc) is 3.33. The summed E-state index contributed by atoms with van der Waals surface area (Å²) in [5, 5.41) is 0. The second-order valence-corrected chi connectivity index (χ2v) is 10.4. The van der Waals surface area contributed by atoms with Crippen molar-refractivity contribution in [3.8, 4) is 11.1 Å². The molecule has 0 N–H and O–H groups in total. The molecule has 0 aliphatic heterocycles. The quantitative estimate of drug-likeness (QED) is 0.116. The number of hydrogen-bond donors (Lipinski definition) is 0. The lowest BCUT2D eigenvalue weighted by atomic mass is 9.94. The van der Waals surface area contributed by atoms with E-state index in [9.17, 15) is 24.0 Å². The number of ether oxygens (including phenoxy) is 2. The Bertz CT molecular complexity index is 1540. The number of carbonyl (C=O) groups is 5. The average molecular weight is 575 g/mol. The molecule has 0 bridgehead atoms. The van der Waals surface area contributed by atoms with Crippen LogP contribution in [0.5, 0.6) is 0 Å². The lowest BCUT2D eigenvalue weighted by molar-refractivity contribution is -0.139. The third-order valence-electron chi connectivity index (χ3n) is 7.45. The molecule has 0 atom stereocenters. The molecule has 7 heteroatoms. The molecule has 216 valence electrons. The van der Waals surface area contributed by atoms with Gasteiger partial charge in [0, 0.05) is 12.8 Å². The van der Waals surface area contributed by atoms with Crippen molar-refractivity contribution >= 4 is 30.2 Å². The van der Waals surface area contributed by atoms with Crippen LogP contribution in [0.1, 0.15) is 74.6 Å². The maximum absolute atomic E-state index is 12.2. The van der Waals surface area contributed by atoms with Crippen molar-refractivity contribution in [2.45, 2.75) is 44.4 Å². The second-order valence-electron chi connectivity index (χ2n) is 10.4. The maximum Gasteiger partial charge on any atom is 0.345 e. The van der Waals surface area contributed by atoms with Crippen LogP contribution >= 0.6 is 0 Å². The Hall–Kier alpha value is -5.17. The number of benzene rings is 4. The highest BCUT2D eigenvalue weighted by Crippen LogP contribution is 2.44. The third-order valence-corrected chi connectivity index (χ3v) is 7.45. The summed E-state index contributed by atoms with van der Waals surface area (Å²) in [6.45, 7) is 0. The van der Waals surface area contributed by atoms with Gasteiger partial charge in [0.15, 0.2) is 0 Å². The fourth-order valence-corrected chi connectivity index (χ4v) is 5.30. The van der Waals surface area contributed by atoms with Gasteiger partial charge in [-0.1, -0.05) is 72.8 Å². The largest absolute Gasteiger partial charge is 0.389 e. The Morgan fingerprint density at radius 3 is 1.40 bits per heavy atom. The van der Waals surface area contributed by atoms with E-state index in [4.69, 9.17) is 9.47 Å². The number of carbonyl (C=O) groups excluding carboxylic acids is 5. The first-order valence-electron chi connectivity index (χ1n) is 14.2. The van der Waals surface area contributed by atoms with E-state index in [2.05, 4.69) is 0 Å². The molecule has 4 aromatic rings. The van der Waals surface area contributed by atoms with E-state index in [0.717, 1.165) is 39.7 Å². The van der Waals surface area contributed by atoms with Gasteiger partial charge in [0.2, 0.25) is 0 Å². The van der Waals surface area contributed by atoms with Crippen LogP contribution in [-0.2, 0) is 36.7 Å². The lowest BCUT2D eigenvalue weighted by Gasteiger charge is -2.09. The van der Waals surface area contributed by atoms with Crippen LogP contribution in [0.3, 0.4) is 0 Å². The van der Waals surface area contributed by atoms with Crippen molar-refractivity contribution in [3.05, 3.63) is 130 Å². The summed E-state index contributed by atoms with van der Waals surface area (Å²) < 4.78 is 9.90. The zero-order valence-corrected chi connectivity index (χ0v) is 23.5. The van der Waals surface area contributed by atoms with Gasteiger partial charge in [0.1, 0.15) is 6.29 Å². The predicted molar refractivity (Wildman–Crippen MR) is 159 cm³/mol. The van der Waals surface area contributed by atoms with Gasteiger partial charge in [-0.2, -0.15) is 0 Å². The lowest BCUT2D eigenvalue weighted by Crippen LogP contribution is -2.12. The van der Waals surface area contributed by atoms with Gasteiger partial charge in [-0.3, -0.25) is 9.59 Å². The van der Waals surface area contributed by atoms with Crippen LogP contribution < -0.4 is 0 Å². The van der Waals surface area contributed by atoms with E-state index >= 15 is 0 Å². The van der Waals surface area contributed by atoms with Crippen molar-refractivity contribution in [1.82, 2.24) is 0 Å². The number of rotatable bonds is 11. The van der Waals surface area contributed by atoms with Crippen LogP contribution in [0.15, 0.2) is 97.1 Å². The highest BCUT2D eigenvalue weighted by Gasteiger charge is 2.29. The number of fused-ring (bicyclic) bond motifs is 3. The molecule has 0 amide bonds. The van der Waals surface area contributed by atoms with Crippen molar-refractivity contribution in [3.63, 3.8) is 0 Å². The first-order valence-corrected chi connectivity index (χ1v) is 14.2. The Morgan fingerprint density at radius 2 is 1.00 bits per heavy atom. The Labute approximate surface area is 249 Å². The molecule has 4 aromatic carbocycles. The minimum Gasteiger partial charge on any atom is -0.389 e. The standard InChI is InChI=1S/C36H30O7/c37-23-32-30-21-24(9-7-15-33(38)42-35(40)26-11-3-1-4-12-26)17-19-28(30)29-20-18-25(22-31(29)32)10-8-16-34(39)43-36(41)27-13-5-2-6-14-27/h1-6,11-14,17-23,32H,7-10,15-16H2. The number of hydrogen-bond acceptors (Lipinski definition) is 7. The predicted octanol–water partition coefficient (Wildman–Crippen LogP) is 6.41. The summed E-state index contributed by atoms with van der Waals surface area (Å²) in [6, 6.07) is 28.8. The molecule has 1 aliphatic rings.